The molecule has 6 nitrogen and oxygen atoms in total. The van der Waals surface area contributed by atoms with Crippen molar-refractivity contribution < 1.29 is 8.83 Å². The Labute approximate surface area is 332 Å². The Morgan fingerprint density at radius 3 is 1.88 bits per heavy atom. The van der Waals surface area contributed by atoms with Crippen LogP contribution < -0.4 is 5.32 Å². The fourth-order valence-electron chi connectivity index (χ4n) is 8.63. The predicted molar refractivity (Wildman–Crippen MR) is 237 cm³/mol. The molecule has 6 heteroatoms. The van der Waals surface area contributed by atoms with E-state index in [1.165, 1.54) is 0 Å². The monoisotopic (exact) mass is 744 g/mol. The highest BCUT2D eigenvalue weighted by Gasteiger charge is 2.28. The molecule has 1 N–H and O–H groups in total. The van der Waals surface area contributed by atoms with Gasteiger partial charge in [-0.1, -0.05) is 140 Å². The van der Waals surface area contributed by atoms with Gasteiger partial charge in [-0.2, -0.15) is 0 Å². The number of pyridine rings is 1. The lowest BCUT2D eigenvalue weighted by atomic mass is 9.91. The fourth-order valence-corrected chi connectivity index (χ4v) is 8.63. The summed E-state index contributed by atoms with van der Waals surface area (Å²) in [6.07, 6.45) is 1.54. The van der Waals surface area contributed by atoms with E-state index in [0.29, 0.717) is 11.7 Å². The molecule has 0 saturated heterocycles. The maximum Gasteiger partial charge on any atom is 0.162 e. The molecule has 0 radical (unpaired) electrons. The lowest BCUT2D eigenvalue weighted by molar-refractivity contribution is 0.662. The molecule has 0 fully saturated rings. The van der Waals surface area contributed by atoms with Crippen LogP contribution in [0, 0.1) is 0 Å². The second-order valence-corrected chi connectivity index (χ2v) is 14.8. The maximum absolute atomic E-state index is 6.86. The van der Waals surface area contributed by atoms with Crippen LogP contribution in [0.1, 0.15) is 22.9 Å². The van der Waals surface area contributed by atoms with Crippen LogP contribution in [0.5, 0.6) is 0 Å². The van der Waals surface area contributed by atoms with Gasteiger partial charge in [0.2, 0.25) is 0 Å². The Hall–Kier alpha value is -7.83. The van der Waals surface area contributed by atoms with E-state index in [4.69, 9.17) is 23.8 Å². The number of amidine groups is 2. The third-order valence-corrected chi connectivity index (χ3v) is 11.3. The maximum atomic E-state index is 6.86. The minimum absolute atomic E-state index is 0.466. The summed E-state index contributed by atoms with van der Waals surface area (Å²) >= 11 is 0. The lowest BCUT2D eigenvalue weighted by Gasteiger charge is -2.25. The Kier molecular flexibility index (Phi) is 7.19. The van der Waals surface area contributed by atoms with Crippen LogP contribution in [-0.4, -0.2) is 16.7 Å². The van der Waals surface area contributed by atoms with E-state index in [2.05, 4.69) is 121 Å². The van der Waals surface area contributed by atoms with Gasteiger partial charge in [-0.15, -0.1) is 0 Å². The number of aromatic nitrogens is 1. The van der Waals surface area contributed by atoms with Gasteiger partial charge < -0.3 is 14.2 Å². The molecule has 3 aromatic heterocycles. The summed E-state index contributed by atoms with van der Waals surface area (Å²) in [5.41, 5.74) is 9.83. The van der Waals surface area contributed by atoms with Crippen molar-refractivity contribution >= 4 is 77.1 Å². The number of para-hydroxylation sites is 1. The van der Waals surface area contributed by atoms with E-state index in [0.717, 1.165) is 104 Å². The topological polar surface area (TPSA) is 75.9 Å². The van der Waals surface area contributed by atoms with Crippen LogP contribution in [0.15, 0.2) is 201 Å². The largest absolute Gasteiger partial charge is 0.456 e. The smallest absolute Gasteiger partial charge is 0.162 e. The molecule has 272 valence electrons. The minimum Gasteiger partial charge on any atom is -0.456 e. The Bertz CT molecular complexity index is 3490. The van der Waals surface area contributed by atoms with Gasteiger partial charge in [0.1, 0.15) is 34.4 Å². The summed E-state index contributed by atoms with van der Waals surface area (Å²) in [5, 5.41) is 12.4. The van der Waals surface area contributed by atoms with Gasteiger partial charge >= 0.3 is 0 Å². The van der Waals surface area contributed by atoms with E-state index in [9.17, 15) is 0 Å². The number of nitrogens with one attached hydrogen (secondary N) is 1. The summed E-state index contributed by atoms with van der Waals surface area (Å²) in [6, 6.07) is 60.7. The van der Waals surface area contributed by atoms with E-state index in [-0.39, 0.29) is 0 Å². The first kappa shape index (κ1) is 32.4. The Morgan fingerprint density at radius 1 is 0.466 bits per heavy atom. The Balaban J connectivity index is 1.13. The second-order valence-electron chi connectivity index (χ2n) is 14.8. The number of benzene rings is 8. The molecule has 58 heavy (non-hydrogen) atoms. The molecule has 8 aromatic carbocycles. The fraction of sp³-hybridized carbons (Fsp3) is 0.0192. The van der Waals surface area contributed by atoms with Gasteiger partial charge in [0.25, 0.3) is 0 Å². The van der Waals surface area contributed by atoms with Crippen molar-refractivity contribution in [1.29, 1.82) is 0 Å². The van der Waals surface area contributed by atoms with E-state index < -0.39 is 6.17 Å². The predicted octanol–water partition coefficient (Wildman–Crippen LogP) is 13.0. The SMILES string of the molecule is c1ccc(C2=NC(c3cccc4oc5ccccc5c34)NC(c3cc4ccccc4cc3-c3cnc(-c4ccccc4)c4oc5cc6ccccc6cc5c34)=N2)cc1. The van der Waals surface area contributed by atoms with Crippen molar-refractivity contribution in [3.63, 3.8) is 0 Å². The third kappa shape index (κ3) is 5.16. The standard InChI is InChI=1S/C52H32N4O2/c1-3-14-31(15-4-1)48-49-47(41-28-35-20-9-10-21-36(35)29-45(41)58-49)42(30-53-48)39-26-33-18-7-8-19-34(33)27-40(39)52-55-50(32-16-5-2-6-17-32)54-51(56-52)38-23-13-25-44-46(38)37-22-11-12-24-43(37)57-44/h1-30,51H,(H,54,55,56). The van der Waals surface area contributed by atoms with Crippen LogP contribution in [0.2, 0.25) is 0 Å². The number of nitrogens with zero attached hydrogens (tertiary/aromatic N) is 3. The lowest BCUT2D eigenvalue weighted by Crippen LogP contribution is -2.34. The molecule has 12 rings (SSSR count). The van der Waals surface area contributed by atoms with E-state index in [1.807, 2.05) is 66.9 Å². The zero-order valence-corrected chi connectivity index (χ0v) is 31.1. The van der Waals surface area contributed by atoms with Gasteiger partial charge in [0.15, 0.2) is 11.4 Å². The van der Waals surface area contributed by atoms with Crippen molar-refractivity contribution in [2.24, 2.45) is 9.98 Å². The molecule has 0 bridgehead atoms. The minimum atomic E-state index is -0.466. The van der Waals surface area contributed by atoms with Crippen molar-refractivity contribution in [1.82, 2.24) is 10.3 Å². The first-order valence-electron chi connectivity index (χ1n) is 19.5. The van der Waals surface area contributed by atoms with Gasteiger partial charge in [0.05, 0.1) is 0 Å². The van der Waals surface area contributed by atoms with Gasteiger partial charge in [-0.3, -0.25) is 4.98 Å². The third-order valence-electron chi connectivity index (χ3n) is 11.3. The molecule has 0 saturated carbocycles. The van der Waals surface area contributed by atoms with E-state index in [1.54, 1.807) is 0 Å². The Morgan fingerprint density at radius 2 is 1.10 bits per heavy atom. The van der Waals surface area contributed by atoms with Crippen molar-refractivity contribution in [3.8, 4) is 22.4 Å². The number of hydrogen-bond acceptors (Lipinski definition) is 6. The van der Waals surface area contributed by atoms with Crippen molar-refractivity contribution in [2.45, 2.75) is 6.17 Å². The van der Waals surface area contributed by atoms with Gasteiger partial charge in [-0.25, -0.2) is 9.98 Å². The highest BCUT2D eigenvalue weighted by atomic mass is 16.3. The average molecular weight is 745 g/mol. The summed E-state index contributed by atoms with van der Waals surface area (Å²) in [7, 11) is 0. The molecule has 0 spiro atoms. The molecular weight excluding hydrogens is 713 g/mol. The van der Waals surface area contributed by atoms with Crippen molar-refractivity contribution in [2.75, 3.05) is 0 Å². The molecular formula is C52H32N4O2. The number of aliphatic imine (C=N–C) groups is 2. The summed E-state index contributed by atoms with van der Waals surface area (Å²) in [6.45, 7) is 0. The quantitative estimate of drug-likeness (QED) is 0.190. The van der Waals surface area contributed by atoms with Crippen LogP contribution in [0.4, 0.5) is 0 Å². The highest BCUT2D eigenvalue weighted by Crippen LogP contribution is 2.44. The summed E-state index contributed by atoms with van der Waals surface area (Å²) in [4.78, 5) is 15.8. The second kappa shape index (κ2) is 12.9. The highest BCUT2D eigenvalue weighted by molar-refractivity contribution is 6.22. The average Bonchev–Trinajstić information content (AvgIpc) is 3.86. The molecule has 11 aromatic rings. The molecule has 1 aliphatic heterocycles. The molecule has 4 heterocycles. The first-order chi connectivity index (χ1) is 28.7. The summed E-state index contributed by atoms with van der Waals surface area (Å²) in [5.74, 6) is 1.36. The van der Waals surface area contributed by atoms with Crippen molar-refractivity contribution in [3.05, 3.63) is 199 Å². The van der Waals surface area contributed by atoms with Crippen LogP contribution >= 0.6 is 0 Å². The van der Waals surface area contributed by atoms with E-state index >= 15 is 0 Å². The summed E-state index contributed by atoms with van der Waals surface area (Å²) < 4.78 is 13.2. The number of fused-ring (bicyclic) bond motifs is 8. The molecule has 1 atom stereocenters. The van der Waals surface area contributed by atoms with Crippen LogP contribution in [0.3, 0.4) is 0 Å². The number of hydrogen-bond donors (Lipinski definition) is 1. The molecule has 1 unspecified atom stereocenters. The molecule has 0 amide bonds. The number of furan rings is 2. The van der Waals surface area contributed by atoms with Gasteiger partial charge in [-0.05, 0) is 63.5 Å². The zero-order chi connectivity index (χ0) is 38.2. The normalized spacial score (nSPS) is 14.4. The molecule has 0 aliphatic carbocycles. The zero-order valence-electron chi connectivity index (χ0n) is 31.1. The van der Waals surface area contributed by atoms with Crippen LogP contribution in [0.25, 0.3) is 87.8 Å². The number of rotatable bonds is 5. The first-order valence-corrected chi connectivity index (χ1v) is 19.5. The molecule has 1 aliphatic rings. The van der Waals surface area contributed by atoms with Crippen LogP contribution in [-0.2, 0) is 0 Å². The van der Waals surface area contributed by atoms with Gasteiger partial charge in [0, 0.05) is 55.6 Å².